The zero-order chi connectivity index (χ0) is 19.5. The molecule has 1 N–H and O–H groups in total. The standard InChI is InChI=1S/C20H28N4O2/c1-8-26-17-13(10-9-11-21-17)16(25)24-18-22-14(19(2,3)4)12-15(23-18)20(5,6)7/h9-12H,8H2,1-7H3,(H,22,23,24,25). The summed E-state index contributed by atoms with van der Waals surface area (Å²) in [4.78, 5) is 26.0. The van der Waals surface area contributed by atoms with Gasteiger partial charge in [-0.25, -0.2) is 15.0 Å². The fraction of sp³-hybridized carbons (Fsp3) is 0.500. The molecule has 0 unspecified atom stereocenters. The maximum absolute atomic E-state index is 12.7. The summed E-state index contributed by atoms with van der Waals surface area (Å²) in [7, 11) is 0. The van der Waals surface area contributed by atoms with Crippen LogP contribution < -0.4 is 10.1 Å². The molecular formula is C20H28N4O2. The summed E-state index contributed by atoms with van der Waals surface area (Å²) >= 11 is 0. The maximum Gasteiger partial charge on any atom is 0.263 e. The molecule has 26 heavy (non-hydrogen) atoms. The van der Waals surface area contributed by atoms with Crippen LogP contribution in [0.15, 0.2) is 24.4 Å². The highest BCUT2D eigenvalue weighted by atomic mass is 16.5. The van der Waals surface area contributed by atoms with Crippen LogP contribution in [0, 0.1) is 0 Å². The fourth-order valence-electron chi connectivity index (χ4n) is 2.26. The molecule has 2 rings (SSSR count). The Hall–Kier alpha value is -2.50. The molecule has 0 bridgehead atoms. The van der Waals surface area contributed by atoms with Crippen molar-refractivity contribution in [3.63, 3.8) is 0 Å². The van der Waals surface area contributed by atoms with Gasteiger partial charge in [-0.2, -0.15) is 0 Å². The van der Waals surface area contributed by atoms with Gasteiger partial charge in [0.05, 0.1) is 18.0 Å². The van der Waals surface area contributed by atoms with Crippen LogP contribution in [0.3, 0.4) is 0 Å². The summed E-state index contributed by atoms with van der Waals surface area (Å²) in [5, 5.41) is 2.80. The molecule has 2 heterocycles. The number of amides is 1. The molecular weight excluding hydrogens is 328 g/mol. The van der Waals surface area contributed by atoms with Gasteiger partial charge in [0.15, 0.2) is 0 Å². The number of hydrogen-bond donors (Lipinski definition) is 1. The molecule has 0 aliphatic heterocycles. The van der Waals surface area contributed by atoms with E-state index < -0.39 is 0 Å². The van der Waals surface area contributed by atoms with Crippen LogP contribution in [0.5, 0.6) is 5.88 Å². The molecule has 1 amide bonds. The Bertz CT molecular complexity index is 757. The average Bonchev–Trinajstić information content (AvgIpc) is 2.53. The second-order valence-corrected chi connectivity index (χ2v) is 8.21. The maximum atomic E-state index is 12.7. The molecule has 0 saturated heterocycles. The first kappa shape index (κ1) is 19.8. The number of ether oxygens (including phenoxy) is 1. The van der Waals surface area contributed by atoms with E-state index in [4.69, 9.17) is 4.74 Å². The van der Waals surface area contributed by atoms with Crippen molar-refractivity contribution in [2.45, 2.75) is 59.3 Å². The van der Waals surface area contributed by atoms with Crippen molar-refractivity contribution in [1.82, 2.24) is 15.0 Å². The van der Waals surface area contributed by atoms with Gasteiger partial charge in [0, 0.05) is 17.0 Å². The molecule has 0 aromatic carbocycles. The molecule has 0 fully saturated rings. The van der Waals surface area contributed by atoms with E-state index in [0.29, 0.717) is 24.0 Å². The number of aromatic nitrogens is 3. The van der Waals surface area contributed by atoms with Crippen molar-refractivity contribution >= 4 is 11.9 Å². The minimum atomic E-state index is -0.340. The highest BCUT2D eigenvalue weighted by molar-refractivity contribution is 6.04. The van der Waals surface area contributed by atoms with Crippen molar-refractivity contribution < 1.29 is 9.53 Å². The van der Waals surface area contributed by atoms with Gasteiger partial charge < -0.3 is 4.74 Å². The van der Waals surface area contributed by atoms with E-state index >= 15 is 0 Å². The second kappa shape index (κ2) is 7.40. The highest BCUT2D eigenvalue weighted by Gasteiger charge is 2.24. The molecule has 140 valence electrons. The highest BCUT2D eigenvalue weighted by Crippen LogP contribution is 2.27. The van der Waals surface area contributed by atoms with Crippen LogP contribution in [0.2, 0.25) is 0 Å². The van der Waals surface area contributed by atoms with Crippen LogP contribution in [-0.4, -0.2) is 27.5 Å². The molecule has 6 nitrogen and oxygen atoms in total. The van der Waals surface area contributed by atoms with E-state index in [1.165, 1.54) is 0 Å². The Kier molecular flexibility index (Phi) is 5.64. The first-order valence-corrected chi connectivity index (χ1v) is 8.81. The topological polar surface area (TPSA) is 77.0 Å². The first-order chi connectivity index (χ1) is 12.0. The van der Waals surface area contributed by atoms with Crippen LogP contribution in [0.25, 0.3) is 0 Å². The predicted molar refractivity (Wildman–Crippen MR) is 103 cm³/mol. The molecule has 0 aliphatic rings. The summed E-state index contributed by atoms with van der Waals surface area (Å²) in [6, 6.07) is 5.38. The van der Waals surface area contributed by atoms with E-state index in [2.05, 4.69) is 61.8 Å². The van der Waals surface area contributed by atoms with Gasteiger partial charge in [0.25, 0.3) is 5.91 Å². The van der Waals surface area contributed by atoms with Crippen LogP contribution >= 0.6 is 0 Å². The zero-order valence-electron chi connectivity index (χ0n) is 16.7. The number of nitrogens with zero attached hydrogens (tertiary/aromatic N) is 3. The molecule has 0 spiro atoms. The first-order valence-electron chi connectivity index (χ1n) is 8.81. The molecule has 2 aromatic heterocycles. The Balaban J connectivity index is 2.41. The second-order valence-electron chi connectivity index (χ2n) is 8.21. The number of rotatable bonds is 4. The van der Waals surface area contributed by atoms with E-state index in [0.717, 1.165) is 11.4 Å². The van der Waals surface area contributed by atoms with Crippen molar-refractivity contribution in [3.05, 3.63) is 41.3 Å². The van der Waals surface area contributed by atoms with Gasteiger partial charge in [-0.15, -0.1) is 0 Å². The third-order valence-electron chi connectivity index (χ3n) is 3.79. The average molecular weight is 356 g/mol. The summed E-state index contributed by atoms with van der Waals surface area (Å²) < 4.78 is 5.44. The van der Waals surface area contributed by atoms with Gasteiger partial charge >= 0.3 is 0 Å². The van der Waals surface area contributed by atoms with Crippen LogP contribution in [0.1, 0.15) is 70.2 Å². The van der Waals surface area contributed by atoms with Crippen molar-refractivity contribution in [3.8, 4) is 5.88 Å². The van der Waals surface area contributed by atoms with Gasteiger partial charge in [-0.1, -0.05) is 41.5 Å². The Morgan fingerprint density at radius 1 is 1.08 bits per heavy atom. The lowest BCUT2D eigenvalue weighted by atomic mass is 9.87. The summed E-state index contributed by atoms with van der Waals surface area (Å²) in [5.74, 6) is 0.252. The lowest BCUT2D eigenvalue weighted by Gasteiger charge is -2.24. The van der Waals surface area contributed by atoms with E-state index in [1.54, 1.807) is 18.3 Å². The number of pyridine rings is 1. The fourth-order valence-corrected chi connectivity index (χ4v) is 2.26. The largest absolute Gasteiger partial charge is 0.477 e. The van der Waals surface area contributed by atoms with Gasteiger partial charge in [0.1, 0.15) is 5.56 Å². The number of anilines is 1. The number of nitrogens with one attached hydrogen (secondary N) is 1. The van der Waals surface area contributed by atoms with E-state index in [9.17, 15) is 4.79 Å². The SMILES string of the molecule is CCOc1ncccc1C(=O)Nc1nc(C(C)(C)C)cc(C(C)(C)C)n1. The van der Waals surface area contributed by atoms with Gasteiger partial charge in [0.2, 0.25) is 11.8 Å². The molecule has 2 aromatic rings. The van der Waals surface area contributed by atoms with Crippen LogP contribution in [-0.2, 0) is 10.8 Å². The zero-order valence-corrected chi connectivity index (χ0v) is 16.7. The monoisotopic (exact) mass is 356 g/mol. The minimum absolute atomic E-state index is 0.160. The van der Waals surface area contributed by atoms with Crippen molar-refractivity contribution in [2.75, 3.05) is 11.9 Å². The Morgan fingerprint density at radius 3 is 2.15 bits per heavy atom. The minimum Gasteiger partial charge on any atom is -0.477 e. The van der Waals surface area contributed by atoms with Gasteiger partial charge in [-0.05, 0) is 25.1 Å². The quantitative estimate of drug-likeness (QED) is 0.892. The van der Waals surface area contributed by atoms with Crippen LogP contribution in [0.4, 0.5) is 5.95 Å². The van der Waals surface area contributed by atoms with Gasteiger partial charge in [-0.3, -0.25) is 10.1 Å². The Morgan fingerprint density at radius 2 is 1.65 bits per heavy atom. The summed E-state index contributed by atoms with van der Waals surface area (Å²) in [5.41, 5.74) is 1.80. The predicted octanol–water partition coefficient (Wildman–Crippen LogP) is 4.12. The van der Waals surface area contributed by atoms with E-state index in [-0.39, 0.29) is 16.7 Å². The normalized spacial score (nSPS) is 12.0. The number of carbonyl (C=O) groups excluding carboxylic acids is 1. The number of carbonyl (C=O) groups is 1. The molecule has 0 radical (unpaired) electrons. The summed E-state index contributed by atoms with van der Waals surface area (Å²) in [6.07, 6.45) is 1.59. The molecule has 6 heteroatoms. The Labute approximate surface area is 155 Å². The lowest BCUT2D eigenvalue weighted by molar-refractivity contribution is 0.102. The third kappa shape index (κ3) is 4.77. The number of hydrogen-bond acceptors (Lipinski definition) is 5. The molecule has 0 atom stereocenters. The van der Waals surface area contributed by atoms with Crippen molar-refractivity contribution in [1.29, 1.82) is 0 Å². The summed E-state index contributed by atoms with van der Waals surface area (Å²) in [6.45, 7) is 14.8. The smallest absolute Gasteiger partial charge is 0.263 e. The molecule has 0 saturated carbocycles. The van der Waals surface area contributed by atoms with Crippen molar-refractivity contribution in [2.24, 2.45) is 0 Å². The van der Waals surface area contributed by atoms with E-state index in [1.807, 2.05) is 13.0 Å². The lowest BCUT2D eigenvalue weighted by Crippen LogP contribution is -2.23. The third-order valence-corrected chi connectivity index (χ3v) is 3.79. The molecule has 0 aliphatic carbocycles.